The third-order valence-electron chi connectivity index (χ3n) is 2.90. The fourth-order valence-corrected chi connectivity index (χ4v) is 2.24. The molecule has 0 saturated carbocycles. The van der Waals surface area contributed by atoms with Crippen LogP contribution in [-0.4, -0.2) is 18.7 Å². The van der Waals surface area contributed by atoms with Crippen LogP contribution in [0.3, 0.4) is 0 Å². The molecule has 0 spiro atoms. The molecule has 0 aliphatic rings. The number of rotatable bonds is 6. The number of benzene rings is 2. The zero-order chi connectivity index (χ0) is 16.5. The second-order valence-electron chi connectivity index (χ2n) is 4.56. The molecule has 0 heterocycles. The van der Waals surface area contributed by atoms with Gasteiger partial charge in [-0.1, -0.05) is 52.3 Å². The van der Waals surface area contributed by atoms with Crippen molar-refractivity contribution in [2.75, 3.05) is 6.61 Å². The monoisotopic (exact) mass is 372 g/mol. The average molecular weight is 373 g/mol. The topological polar surface area (TPSA) is 50.7 Å². The Morgan fingerprint density at radius 1 is 1.26 bits per heavy atom. The molecule has 4 nitrogen and oxygen atoms in total. The van der Waals surface area contributed by atoms with Crippen molar-refractivity contribution in [3.8, 4) is 5.75 Å². The predicted octanol–water partition coefficient (Wildman–Crippen LogP) is 4.28. The van der Waals surface area contributed by atoms with Crippen molar-refractivity contribution in [2.45, 2.75) is 6.92 Å². The highest BCUT2D eigenvalue weighted by Crippen LogP contribution is 2.23. The second-order valence-corrected chi connectivity index (χ2v) is 5.48. The van der Waals surface area contributed by atoms with Crippen LogP contribution in [-0.2, 0) is 0 Å². The lowest BCUT2D eigenvalue weighted by Crippen LogP contribution is -2.18. The molecular formula is C18H17BrN2O2. The molecule has 2 aromatic rings. The summed E-state index contributed by atoms with van der Waals surface area (Å²) in [7, 11) is 0. The van der Waals surface area contributed by atoms with Gasteiger partial charge in [0.15, 0.2) is 0 Å². The van der Waals surface area contributed by atoms with Crippen molar-refractivity contribution >= 4 is 34.1 Å². The number of hydrogen-bond acceptors (Lipinski definition) is 3. The van der Waals surface area contributed by atoms with E-state index in [1.807, 2.05) is 49.4 Å². The molecule has 0 unspecified atom stereocenters. The molecule has 0 fully saturated rings. The maximum Gasteiger partial charge on any atom is 0.275 e. The number of carbonyl (C=O) groups is 1. The van der Waals surface area contributed by atoms with Crippen molar-refractivity contribution in [1.29, 1.82) is 0 Å². The first-order valence-electron chi connectivity index (χ1n) is 7.18. The Bertz CT molecular complexity index is 712. The van der Waals surface area contributed by atoms with Gasteiger partial charge < -0.3 is 4.74 Å². The summed E-state index contributed by atoms with van der Waals surface area (Å²) in [6.07, 6.45) is 5.20. The van der Waals surface area contributed by atoms with Crippen molar-refractivity contribution in [3.05, 3.63) is 70.2 Å². The van der Waals surface area contributed by atoms with E-state index in [0.717, 1.165) is 10.0 Å². The molecule has 0 aliphatic carbocycles. The van der Waals surface area contributed by atoms with E-state index in [4.69, 9.17) is 4.74 Å². The van der Waals surface area contributed by atoms with E-state index in [1.165, 1.54) is 6.21 Å². The standard InChI is InChI=1S/C18H17BrN2O2/c1-2-23-17-11-10-15(19)13-16(17)18(22)21-20-12-6-9-14-7-4-3-5-8-14/h3-13H,2H2,1H3,(H,21,22)/b9-6+,20-12?. The van der Waals surface area contributed by atoms with Crippen LogP contribution >= 0.6 is 15.9 Å². The molecule has 118 valence electrons. The molecule has 5 heteroatoms. The van der Waals surface area contributed by atoms with Gasteiger partial charge >= 0.3 is 0 Å². The maximum atomic E-state index is 12.2. The van der Waals surface area contributed by atoms with Gasteiger partial charge in [-0.25, -0.2) is 5.43 Å². The smallest absolute Gasteiger partial charge is 0.275 e. The van der Waals surface area contributed by atoms with E-state index in [0.29, 0.717) is 17.9 Å². The van der Waals surface area contributed by atoms with Crippen LogP contribution in [0.1, 0.15) is 22.8 Å². The Morgan fingerprint density at radius 2 is 2.04 bits per heavy atom. The minimum absolute atomic E-state index is 0.320. The Kier molecular flexibility index (Phi) is 6.56. The number of ether oxygens (including phenoxy) is 1. The maximum absolute atomic E-state index is 12.2. The fraction of sp³-hybridized carbons (Fsp3) is 0.111. The average Bonchev–Trinajstić information content (AvgIpc) is 2.57. The van der Waals surface area contributed by atoms with Crippen LogP contribution in [0.25, 0.3) is 6.08 Å². The molecule has 1 N–H and O–H groups in total. The summed E-state index contributed by atoms with van der Waals surface area (Å²) in [5.74, 6) is 0.210. The van der Waals surface area contributed by atoms with E-state index in [-0.39, 0.29) is 5.91 Å². The van der Waals surface area contributed by atoms with Crippen LogP contribution in [0.15, 0.2) is 64.2 Å². The highest BCUT2D eigenvalue weighted by atomic mass is 79.9. The summed E-state index contributed by atoms with van der Waals surface area (Å²) >= 11 is 3.35. The van der Waals surface area contributed by atoms with Crippen molar-refractivity contribution in [3.63, 3.8) is 0 Å². The molecule has 0 aromatic heterocycles. The van der Waals surface area contributed by atoms with Gasteiger partial charge in [-0.05, 0) is 36.8 Å². The third-order valence-corrected chi connectivity index (χ3v) is 3.39. The predicted molar refractivity (Wildman–Crippen MR) is 96.7 cm³/mol. The van der Waals surface area contributed by atoms with Crippen molar-refractivity contribution < 1.29 is 9.53 Å². The summed E-state index contributed by atoms with van der Waals surface area (Å²) in [6.45, 7) is 2.36. The number of halogens is 1. The van der Waals surface area contributed by atoms with Crippen LogP contribution in [0.2, 0.25) is 0 Å². The highest BCUT2D eigenvalue weighted by Gasteiger charge is 2.12. The number of amides is 1. The van der Waals surface area contributed by atoms with E-state index in [1.54, 1.807) is 18.2 Å². The van der Waals surface area contributed by atoms with Gasteiger partial charge in [0.2, 0.25) is 0 Å². The van der Waals surface area contributed by atoms with Crippen molar-refractivity contribution in [1.82, 2.24) is 5.43 Å². The van der Waals surface area contributed by atoms with Gasteiger partial charge in [-0.2, -0.15) is 5.10 Å². The van der Waals surface area contributed by atoms with E-state index >= 15 is 0 Å². The number of carbonyl (C=O) groups excluding carboxylic acids is 1. The Morgan fingerprint density at radius 3 is 2.78 bits per heavy atom. The van der Waals surface area contributed by atoms with Crippen LogP contribution < -0.4 is 10.2 Å². The molecule has 1 amide bonds. The summed E-state index contributed by atoms with van der Waals surface area (Å²) in [6, 6.07) is 15.1. The molecule has 2 aromatic carbocycles. The quantitative estimate of drug-likeness (QED) is 0.607. The SMILES string of the molecule is CCOc1ccc(Br)cc1C(=O)NN=C/C=C/c1ccccc1. The first-order chi connectivity index (χ1) is 11.2. The number of nitrogens with one attached hydrogen (secondary N) is 1. The summed E-state index contributed by atoms with van der Waals surface area (Å²) in [5, 5.41) is 3.91. The summed E-state index contributed by atoms with van der Waals surface area (Å²) in [5.41, 5.74) is 3.99. The zero-order valence-electron chi connectivity index (χ0n) is 12.7. The van der Waals surface area contributed by atoms with Gasteiger partial charge in [-0.15, -0.1) is 0 Å². The van der Waals surface area contributed by atoms with E-state index in [9.17, 15) is 4.79 Å². The minimum atomic E-state index is -0.320. The molecule has 23 heavy (non-hydrogen) atoms. The first-order valence-corrected chi connectivity index (χ1v) is 7.97. The van der Waals surface area contributed by atoms with Gasteiger partial charge in [0.25, 0.3) is 5.91 Å². The molecular weight excluding hydrogens is 356 g/mol. The highest BCUT2D eigenvalue weighted by molar-refractivity contribution is 9.10. The summed E-state index contributed by atoms with van der Waals surface area (Å²) < 4.78 is 6.26. The number of nitrogens with zero attached hydrogens (tertiary/aromatic N) is 1. The lowest BCUT2D eigenvalue weighted by atomic mass is 10.2. The summed E-state index contributed by atoms with van der Waals surface area (Å²) in [4.78, 5) is 12.2. The van der Waals surface area contributed by atoms with Crippen LogP contribution in [0.5, 0.6) is 5.75 Å². The Hall–Kier alpha value is -2.40. The van der Waals surface area contributed by atoms with Crippen molar-refractivity contribution in [2.24, 2.45) is 5.10 Å². The third kappa shape index (κ3) is 5.38. The largest absolute Gasteiger partial charge is 0.493 e. The number of hydrogen-bond donors (Lipinski definition) is 1. The first kappa shape index (κ1) is 17.0. The molecule has 0 radical (unpaired) electrons. The molecule has 0 saturated heterocycles. The zero-order valence-corrected chi connectivity index (χ0v) is 14.3. The fourth-order valence-electron chi connectivity index (χ4n) is 1.88. The molecule has 0 bridgehead atoms. The minimum Gasteiger partial charge on any atom is -0.493 e. The lowest BCUT2D eigenvalue weighted by Gasteiger charge is -2.09. The number of allylic oxidation sites excluding steroid dienone is 1. The van der Waals surface area contributed by atoms with Crippen LogP contribution in [0, 0.1) is 0 Å². The van der Waals surface area contributed by atoms with Gasteiger partial charge in [0.05, 0.1) is 12.2 Å². The Labute approximate surface area is 144 Å². The van der Waals surface area contributed by atoms with E-state index in [2.05, 4.69) is 26.5 Å². The van der Waals surface area contributed by atoms with Gasteiger partial charge in [-0.3, -0.25) is 4.79 Å². The molecule has 0 aliphatic heterocycles. The lowest BCUT2D eigenvalue weighted by molar-refractivity contribution is 0.0951. The van der Waals surface area contributed by atoms with Gasteiger partial charge in [0.1, 0.15) is 5.75 Å². The molecule has 2 rings (SSSR count). The van der Waals surface area contributed by atoms with Gasteiger partial charge in [0, 0.05) is 10.7 Å². The van der Waals surface area contributed by atoms with E-state index < -0.39 is 0 Å². The number of hydrazone groups is 1. The normalized spacial score (nSPS) is 11.0. The van der Waals surface area contributed by atoms with Crippen LogP contribution in [0.4, 0.5) is 0 Å². The molecule has 0 atom stereocenters. The Balaban J connectivity index is 1.98. The second kappa shape index (κ2) is 8.90.